The maximum atomic E-state index is 13.7. The maximum absolute atomic E-state index is 13.7. The van der Waals surface area contributed by atoms with Gasteiger partial charge in [0.2, 0.25) is 5.91 Å². The second-order valence-electron chi connectivity index (χ2n) is 14.5. The van der Waals surface area contributed by atoms with Crippen LogP contribution in [0.15, 0.2) is 0 Å². The zero-order chi connectivity index (χ0) is 39.0. The maximum Gasteiger partial charge on any atom is 0.223 e. The first kappa shape index (κ1) is 46.1. The molecule has 0 spiro atoms. The molecule has 13 atom stereocenters. The molecule has 5 aliphatic rings. The molecule has 312 valence electrons. The molecule has 5 rings (SSSR count). The standard InChI is InChI=1S/C27H50FN5O8.C6H13NO3.CH4O/c28-16(12-29)9-23(36)33-17-10-19(30)26(21(11-17)39-24-3-1-18(14-34)38-24)41-25-4-2-20(35)22(40-25)13-32-15-27(37)5-7-31-8-6-27;7-3-5-6(9)4(8)1-2-10-5;1-2/h16-22,24-26,31-32,34-35,37H,1-15,29-30H2,(H,33,36);4-6,8-9H,1-3,7H2;2H,1H3/t16?,17?,18?,19?,20-,21?,22?,24?,25+,26+;4?,5-,6-;/m00./s1. The minimum absolute atomic E-state index is 0.101. The molecule has 53 heavy (non-hydrogen) atoms. The van der Waals surface area contributed by atoms with Crippen LogP contribution in [0.5, 0.6) is 0 Å². The van der Waals surface area contributed by atoms with Crippen molar-refractivity contribution in [2.45, 2.75) is 149 Å². The monoisotopic (exact) mass is 770 g/mol. The van der Waals surface area contributed by atoms with Crippen LogP contribution in [-0.2, 0) is 28.5 Å². The first-order valence-electron chi connectivity index (χ1n) is 19.0. The van der Waals surface area contributed by atoms with Gasteiger partial charge in [0.1, 0.15) is 18.4 Å². The van der Waals surface area contributed by atoms with E-state index in [9.17, 15) is 29.6 Å². The van der Waals surface area contributed by atoms with Crippen LogP contribution in [0.25, 0.3) is 0 Å². The number of nitrogens with one attached hydrogen (secondary N) is 3. The highest BCUT2D eigenvalue weighted by molar-refractivity contribution is 5.76. The number of halogens is 1. The summed E-state index contributed by atoms with van der Waals surface area (Å²) >= 11 is 0. The van der Waals surface area contributed by atoms with Gasteiger partial charge in [-0.1, -0.05) is 0 Å². The summed E-state index contributed by atoms with van der Waals surface area (Å²) in [7, 11) is 1.00. The average molecular weight is 771 g/mol. The second-order valence-corrected chi connectivity index (χ2v) is 14.5. The molecule has 1 amide bonds. The van der Waals surface area contributed by atoms with Gasteiger partial charge in [0.15, 0.2) is 12.6 Å². The molecule has 1 saturated carbocycles. The number of ether oxygens (including phenoxy) is 5. The van der Waals surface area contributed by atoms with Crippen molar-refractivity contribution >= 4 is 5.91 Å². The summed E-state index contributed by atoms with van der Waals surface area (Å²) in [5.74, 6) is -0.440. The number of aliphatic hydroxyl groups is 6. The van der Waals surface area contributed by atoms with E-state index >= 15 is 0 Å². The Bertz CT molecular complexity index is 1030. The molecule has 4 aliphatic heterocycles. The number of carbonyl (C=O) groups excluding carboxylic acids is 1. The zero-order valence-electron chi connectivity index (χ0n) is 31.0. The largest absolute Gasteiger partial charge is 0.400 e. The number of hydrogen-bond donors (Lipinski definition) is 12. The van der Waals surface area contributed by atoms with E-state index in [4.69, 9.17) is 51.1 Å². The minimum Gasteiger partial charge on any atom is -0.400 e. The number of alkyl halides is 1. The lowest BCUT2D eigenvalue weighted by molar-refractivity contribution is -0.274. The summed E-state index contributed by atoms with van der Waals surface area (Å²) < 4.78 is 43.3. The summed E-state index contributed by atoms with van der Waals surface area (Å²) in [6, 6.07) is -0.875. The van der Waals surface area contributed by atoms with Crippen LogP contribution in [0.3, 0.4) is 0 Å². The number of nitrogens with two attached hydrogens (primary N) is 3. The van der Waals surface area contributed by atoms with Crippen molar-refractivity contribution in [2.75, 3.05) is 59.6 Å². The molecule has 19 heteroatoms. The van der Waals surface area contributed by atoms with Crippen LogP contribution < -0.4 is 33.2 Å². The molecular formula is C34H67FN6O12. The number of carbonyl (C=O) groups is 1. The van der Waals surface area contributed by atoms with Crippen LogP contribution in [-0.4, -0.2) is 181 Å². The van der Waals surface area contributed by atoms with Crippen molar-refractivity contribution in [2.24, 2.45) is 17.2 Å². The molecule has 15 N–H and O–H groups in total. The Morgan fingerprint density at radius 3 is 2.32 bits per heavy atom. The van der Waals surface area contributed by atoms with E-state index in [-0.39, 0.29) is 44.4 Å². The van der Waals surface area contributed by atoms with Crippen molar-refractivity contribution in [3.05, 3.63) is 0 Å². The van der Waals surface area contributed by atoms with Crippen molar-refractivity contribution in [3.8, 4) is 0 Å². The summed E-state index contributed by atoms with van der Waals surface area (Å²) in [5, 5.41) is 65.4. The Kier molecular flexibility index (Phi) is 20.7. The number of rotatable bonds is 14. The smallest absolute Gasteiger partial charge is 0.223 e. The summed E-state index contributed by atoms with van der Waals surface area (Å²) in [5.41, 5.74) is 16.4. The van der Waals surface area contributed by atoms with Crippen molar-refractivity contribution in [1.29, 1.82) is 0 Å². The molecule has 0 aromatic carbocycles. The van der Waals surface area contributed by atoms with Crippen LogP contribution in [0.4, 0.5) is 4.39 Å². The first-order chi connectivity index (χ1) is 25.4. The molecule has 1 aliphatic carbocycles. The van der Waals surface area contributed by atoms with E-state index < -0.39 is 72.9 Å². The number of hydrogen-bond acceptors (Lipinski definition) is 17. The normalized spacial score (nSPS) is 37.7. The summed E-state index contributed by atoms with van der Waals surface area (Å²) in [6.07, 6.45) is -2.61. The van der Waals surface area contributed by atoms with E-state index in [1.807, 2.05) is 0 Å². The molecular weight excluding hydrogens is 703 g/mol. The number of aliphatic hydroxyl groups excluding tert-OH is 5. The van der Waals surface area contributed by atoms with Gasteiger partial charge < -0.3 is 87.5 Å². The third kappa shape index (κ3) is 15.0. The highest BCUT2D eigenvalue weighted by atomic mass is 19.1. The topological polar surface area (TPSA) is 299 Å². The Hall–Kier alpha value is -1.24. The molecule has 0 aromatic rings. The summed E-state index contributed by atoms with van der Waals surface area (Å²) in [4.78, 5) is 12.4. The third-order valence-electron chi connectivity index (χ3n) is 10.3. The molecule has 5 fully saturated rings. The molecule has 8 unspecified atom stereocenters. The van der Waals surface area contributed by atoms with Crippen LogP contribution in [0, 0.1) is 0 Å². The van der Waals surface area contributed by atoms with Crippen LogP contribution in [0.2, 0.25) is 0 Å². The predicted octanol–water partition coefficient (Wildman–Crippen LogP) is -3.82. The highest BCUT2D eigenvalue weighted by Gasteiger charge is 2.43. The van der Waals surface area contributed by atoms with Gasteiger partial charge in [0, 0.05) is 64.8 Å². The number of piperidine rings is 1. The van der Waals surface area contributed by atoms with Crippen LogP contribution >= 0.6 is 0 Å². The molecule has 0 radical (unpaired) electrons. The lowest BCUT2D eigenvalue weighted by atomic mass is 9.86. The van der Waals surface area contributed by atoms with E-state index in [0.29, 0.717) is 77.5 Å². The Morgan fingerprint density at radius 2 is 1.68 bits per heavy atom. The Balaban J connectivity index is 0.000000539. The predicted molar refractivity (Wildman–Crippen MR) is 190 cm³/mol. The van der Waals surface area contributed by atoms with Gasteiger partial charge in [-0.25, -0.2) is 4.39 Å². The molecule has 4 heterocycles. The average Bonchev–Trinajstić information content (AvgIpc) is 3.61. The molecule has 18 nitrogen and oxygen atoms in total. The minimum atomic E-state index is -1.42. The van der Waals surface area contributed by atoms with E-state index in [0.717, 1.165) is 20.2 Å². The lowest BCUT2D eigenvalue weighted by Gasteiger charge is -2.44. The van der Waals surface area contributed by atoms with Crippen molar-refractivity contribution in [3.63, 3.8) is 0 Å². The molecule has 4 saturated heterocycles. The highest BCUT2D eigenvalue weighted by Crippen LogP contribution is 2.32. The quantitative estimate of drug-likeness (QED) is 0.0806. The van der Waals surface area contributed by atoms with Gasteiger partial charge in [0.25, 0.3) is 0 Å². The zero-order valence-corrected chi connectivity index (χ0v) is 31.0. The fourth-order valence-corrected chi connectivity index (χ4v) is 7.25. The van der Waals surface area contributed by atoms with Gasteiger partial charge >= 0.3 is 0 Å². The van der Waals surface area contributed by atoms with Gasteiger partial charge in [-0.15, -0.1) is 0 Å². The van der Waals surface area contributed by atoms with Gasteiger partial charge in [0.05, 0.1) is 55.3 Å². The third-order valence-corrected chi connectivity index (χ3v) is 10.3. The SMILES string of the molecule is CO.NCC(F)CC(=O)NC1CC(N)[C@@H](O[C@@H]2CC[C@H](O)C(CNCC3(O)CCNCC3)O2)C(OC2CCC(CO)O2)C1.NC[C@@H]1OCCC(O)[C@@H]1O. The Labute approximate surface area is 311 Å². The van der Waals surface area contributed by atoms with Gasteiger partial charge in [-0.05, 0) is 58.0 Å². The summed E-state index contributed by atoms with van der Waals surface area (Å²) in [6.45, 7) is 2.72. The fraction of sp³-hybridized carbons (Fsp3) is 0.971. The fourth-order valence-electron chi connectivity index (χ4n) is 7.25. The van der Waals surface area contributed by atoms with E-state index in [1.165, 1.54) is 0 Å². The second kappa shape index (κ2) is 23.7. The number of amides is 1. The van der Waals surface area contributed by atoms with Crippen molar-refractivity contribution in [1.82, 2.24) is 16.0 Å². The Morgan fingerprint density at radius 1 is 0.981 bits per heavy atom. The molecule has 0 aromatic heterocycles. The van der Waals surface area contributed by atoms with E-state index in [1.54, 1.807) is 0 Å². The first-order valence-corrected chi connectivity index (χ1v) is 19.0. The van der Waals surface area contributed by atoms with Crippen LogP contribution in [0.1, 0.15) is 64.2 Å². The lowest BCUT2D eigenvalue weighted by Crippen LogP contribution is -2.59. The van der Waals surface area contributed by atoms with Gasteiger partial charge in [-0.3, -0.25) is 4.79 Å². The van der Waals surface area contributed by atoms with Gasteiger partial charge in [-0.2, -0.15) is 0 Å². The molecule has 0 bridgehead atoms. The van der Waals surface area contributed by atoms with E-state index in [2.05, 4.69) is 16.0 Å². The van der Waals surface area contributed by atoms with Crippen molar-refractivity contribution < 1.29 is 63.5 Å².